The molecule has 18 heavy (non-hydrogen) atoms. The van der Waals surface area contributed by atoms with Gasteiger partial charge in [0.15, 0.2) is 8.32 Å². The van der Waals surface area contributed by atoms with Crippen LogP contribution in [0.2, 0.25) is 18.1 Å². The van der Waals surface area contributed by atoms with Gasteiger partial charge in [0.25, 0.3) is 10.1 Å². The van der Waals surface area contributed by atoms with E-state index < -0.39 is 24.5 Å². The minimum absolute atomic E-state index is 0.0746. The Labute approximate surface area is 111 Å². The lowest BCUT2D eigenvalue weighted by molar-refractivity contribution is 0.0855. The van der Waals surface area contributed by atoms with Crippen molar-refractivity contribution in [2.45, 2.75) is 51.1 Å². The first-order chi connectivity index (χ1) is 7.92. The van der Waals surface area contributed by atoms with Crippen molar-refractivity contribution in [2.24, 2.45) is 0 Å². The molecule has 1 aliphatic heterocycles. The number of ether oxygens (including phenoxy) is 1. The third-order valence-electron chi connectivity index (χ3n) is 3.53. The van der Waals surface area contributed by atoms with Gasteiger partial charge >= 0.3 is 0 Å². The predicted octanol–water partition coefficient (Wildman–Crippen LogP) is 1.75. The zero-order valence-corrected chi connectivity index (χ0v) is 13.8. The van der Waals surface area contributed by atoms with Crippen molar-refractivity contribution in [2.75, 3.05) is 19.5 Å². The van der Waals surface area contributed by atoms with Gasteiger partial charge in [0, 0.05) is 0 Å². The molecule has 0 amide bonds. The lowest BCUT2D eigenvalue weighted by Gasteiger charge is -2.39. The Bertz CT molecular complexity index is 385. The van der Waals surface area contributed by atoms with Crippen molar-refractivity contribution in [1.29, 1.82) is 0 Å². The van der Waals surface area contributed by atoms with E-state index in [1.165, 1.54) is 0 Å². The van der Waals surface area contributed by atoms with Gasteiger partial charge in [-0.2, -0.15) is 8.42 Å². The summed E-state index contributed by atoms with van der Waals surface area (Å²) in [6.07, 6.45) is 0.240. The van der Waals surface area contributed by atoms with Gasteiger partial charge < -0.3 is 9.16 Å². The van der Waals surface area contributed by atoms with Crippen molar-refractivity contribution < 1.29 is 21.8 Å². The monoisotopic (exact) mass is 296 g/mol. The van der Waals surface area contributed by atoms with Gasteiger partial charge in [-0.25, -0.2) is 0 Å². The molecular weight excluding hydrogens is 272 g/mol. The first kappa shape index (κ1) is 16.1. The Hall–Kier alpha value is 0.0469. The Balaban J connectivity index is 2.72. The highest BCUT2D eigenvalue weighted by molar-refractivity contribution is 7.86. The van der Waals surface area contributed by atoms with Crippen LogP contribution in [0.3, 0.4) is 0 Å². The molecule has 0 aromatic carbocycles. The van der Waals surface area contributed by atoms with Crippen LogP contribution >= 0.6 is 0 Å². The van der Waals surface area contributed by atoms with E-state index in [2.05, 4.69) is 33.9 Å². The van der Waals surface area contributed by atoms with E-state index >= 15 is 0 Å². The Morgan fingerprint density at radius 2 is 1.67 bits per heavy atom. The molecule has 0 saturated carbocycles. The van der Waals surface area contributed by atoms with Gasteiger partial charge in [0.1, 0.15) is 6.10 Å². The smallest absolute Gasteiger partial charge is 0.264 e. The molecule has 1 saturated heterocycles. The van der Waals surface area contributed by atoms with E-state index in [4.69, 9.17) is 13.3 Å². The fourth-order valence-electron chi connectivity index (χ4n) is 1.49. The maximum absolute atomic E-state index is 11.2. The highest BCUT2D eigenvalue weighted by Crippen LogP contribution is 2.38. The third-order valence-corrected chi connectivity index (χ3v) is 8.63. The van der Waals surface area contributed by atoms with Crippen LogP contribution in [0.5, 0.6) is 0 Å². The van der Waals surface area contributed by atoms with Gasteiger partial charge in [-0.15, -0.1) is 0 Å². The molecule has 0 aromatic heterocycles. The molecule has 2 atom stereocenters. The van der Waals surface area contributed by atoms with Crippen molar-refractivity contribution >= 4 is 18.4 Å². The second-order valence-electron chi connectivity index (χ2n) is 6.29. The molecule has 1 aliphatic rings. The molecular formula is C11H24O5SSi. The lowest BCUT2D eigenvalue weighted by atomic mass is 10.2. The first-order valence-corrected chi connectivity index (χ1v) is 10.8. The summed E-state index contributed by atoms with van der Waals surface area (Å²) in [5.74, 6) is 0. The first-order valence-electron chi connectivity index (χ1n) is 6.06. The van der Waals surface area contributed by atoms with Gasteiger partial charge in [0.05, 0.1) is 25.6 Å². The summed E-state index contributed by atoms with van der Waals surface area (Å²) >= 11 is 0. The molecule has 0 radical (unpaired) electrons. The maximum Gasteiger partial charge on any atom is 0.264 e. The van der Waals surface area contributed by atoms with Gasteiger partial charge in [-0.05, 0) is 18.1 Å². The molecule has 0 aromatic rings. The molecule has 0 aliphatic carbocycles. The second-order valence-corrected chi connectivity index (χ2v) is 12.6. The number of rotatable bonds is 4. The average Bonchev–Trinajstić information content (AvgIpc) is 2.46. The fourth-order valence-corrected chi connectivity index (χ4v) is 3.45. The Morgan fingerprint density at radius 3 is 2.11 bits per heavy atom. The molecule has 0 bridgehead atoms. The second kappa shape index (κ2) is 5.20. The number of hydrogen-bond acceptors (Lipinski definition) is 5. The molecule has 1 heterocycles. The van der Waals surface area contributed by atoms with E-state index in [9.17, 15) is 8.42 Å². The third kappa shape index (κ3) is 4.31. The lowest BCUT2D eigenvalue weighted by Crippen LogP contribution is -2.47. The number of hydrogen-bond donors (Lipinski definition) is 0. The predicted molar refractivity (Wildman–Crippen MR) is 72.6 cm³/mol. The quantitative estimate of drug-likeness (QED) is 0.584. The summed E-state index contributed by atoms with van der Waals surface area (Å²) in [7, 11) is -5.42. The molecule has 7 heteroatoms. The normalized spacial score (nSPS) is 26.6. The maximum atomic E-state index is 11.2. The van der Waals surface area contributed by atoms with Crippen molar-refractivity contribution in [3.8, 4) is 0 Å². The van der Waals surface area contributed by atoms with Crippen molar-refractivity contribution in [1.82, 2.24) is 0 Å². The summed E-state index contributed by atoms with van der Waals surface area (Å²) in [5, 5.41) is 0.0746. The highest BCUT2D eigenvalue weighted by atomic mass is 32.2. The highest BCUT2D eigenvalue weighted by Gasteiger charge is 2.43. The largest absolute Gasteiger partial charge is 0.409 e. The minimum atomic E-state index is -3.48. The topological polar surface area (TPSA) is 61.8 Å². The van der Waals surface area contributed by atoms with Gasteiger partial charge in [-0.3, -0.25) is 4.18 Å². The van der Waals surface area contributed by atoms with Crippen LogP contribution in [0, 0.1) is 0 Å². The summed E-state index contributed by atoms with van der Waals surface area (Å²) in [6, 6.07) is 0. The van der Waals surface area contributed by atoms with Crippen LogP contribution in [-0.4, -0.2) is 48.4 Å². The summed E-state index contributed by atoms with van der Waals surface area (Å²) in [4.78, 5) is 0. The molecule has 0 N–H and O–H groups in total. The molecule has 108 valence electrons. The van der Waals surface area contributed by atoms with Crippen LogP contribution in [0.15, 0.2) is 0 Å². The molecule has 1 fully saturated rings. The molecule has 0 spiro atoms. The molecule has 1 rings (SSSR count). The Kier molecular flexibility index (Phi) is 4.65. The summed E-state index contributed by atoms with van der Waals surface area (Å²) in [6.45, 7) is 11.3. The summed E-state index contributed by atoms with van der Waals surface area (Å²) < 4.78 is 38.8. The fraction of sp³-hybridized carbons (Fsp3) is 1.00. The zero-order chi connectivity index (χ0) is 14.2. The van der Waals surface area contributed by atoms with Gasteiger partial charge in [-0.1, -0.05) is 20.8 Å². The van der Waals surface area contributed by atoms with Gasteiger partial charge in [0.2, 0.25) is 0 Å². The molecule has 0 unspecified atom stereocenters. The average molecular weight is 296 g/mol. The van der Waals surface area contributed by atoms with Crippen molar-refractivity contribution in [3.05, 3.63) is 0 Å². The SMILES string of the molecule is CC(C)(C)[Si](C)(C)O[C@H]1COC[C@@H]1OS(C)(=O)=O. The van der Waals surface area contributed by atoms with E-state index in [0.717, 1.165) is 6.26 Å². The van der Waals surface area contributed by atoms with E-state index in [0.29, 0.717) is 6.61 Å². The van der Waals surface area contributed by atoms with E-state index in [-0.39, 0.29) is 17.7 Å². The van der Waals surface area contributed by atoms with Crippen LogP contribution < -0.4 is 0 Å². The van der Waals surface area contributed by atoms with E-state index in [1.807, 2.05) is 0 Å². The standard InChI is InChI=1S/C11H24O5SSi/c1-11(2,3)18(5,6)16-10-8-14-7-9(10)15-17(4,12)13/h9-10H,7-8H2,1-6H3/t9-,10-/m0/s1. The van der Waals surface area contributed by atoms with Crippen molar-refractivity contribution in [3.63, 3.8) is 0 Å². The molecule has 5 nitrogen and oxygen atoms in total. The summed E-state index contributed by atoms with van der Waals surface area (Å²) in [5.41, 5.74) is 0. The van der Waals surface area contributed by atoms with E-state index in [1.54, 1.807) is 0 Å². The zero-order valence-electron chi connectivity index (χ0n) is 12.0. The Morgan fingerprint density at radius 1 is 1.17 bits per heavy atom. The van der Waals surface area contributed by atoms with Crippen LogP contribution in [0.25, 0.3) is 0 Å². The van der Waals surface area contributed by atoms with Crippen LogP contribution in [-0.2, 0) is 23.5 Å². The van der Waals surface area contributed by atoms with Crippen LogP contribution in [0.4, 0.5) is 0 Å². The van der Waals surface area contributed by atoms with Crippen LogP contribution in [0.1, 0.15) is 20.8 Å². The minimum Gasteiger partial charge on any atom is -0.409 e.